The first kappa shape index (κ1) is 14.9. The molecule has 0 saturated heterocycles. The van der Waals surface area contributed by atoms with E-state index in [1.165, 1.54) is 16.0 Å². The van der Waals surface area contributed by atoms with E-state index < -0.39 is 0 Å². The minimum Gasteiger partial charge on any atom is -0.497 e. The quantitative estimate of drug-likeness (QED) is 0.582. The average molecular weight is 308 g/mol. The van der Waals surface area contributed by atoms with E-state index in [4.69, 9.17) is 4.74 Å². The Morgan fingerprint density at radius 3 is 2.23 bits per heavy atom. The molecule has 2 aromatic carbocycles. The molecule has 112 valence electrons. The van der Waals surface area contributed by atoms with E-state index in [0.29, 0.717) is 5.92 Å². The number of hydrogen-bond acceptors (Lipinski definition) is 2. The Morgan fingerprint density at radius 1 is 0.864 bits per heavy atom. The third kappa shape index (κ3) is 3.58. The molecule has 3 aromatic rings. The molecule has 1 heterocycles. The molecule has 1 aromatic heterocycles. The molecule has 0 aliphatic rings. The van der Waals surface area contributed by atoms with Gasteiger partial charge in [0.2, 0.25) is 0 Å². The standard InChI is InChI=1S/C20H20OS/c1-21-18-11-9-17(10-12-18)20(16-6-3-2-4-7-16)14-13-19-8-5-15-22-19/h2-12,15,20H,13-14H2,1H3. The maximum Gasteiger partial charge on any atom is 0.118 e. The molecule has 0 N–H and O–H groups in total. The van der Waals surface area contributed by atoms with Crippen LogP contribution in [0.4, 0.5) is 0 Å². The normalized spacial score (nSPS) is 12.0. The maximum atomic E-state index is 5.28. The summed E-state index contributed by atoms with van der Waals surface area (Å²) in [6.07, 6.45) is 2.24. The predicted octanol–water partition coefficient (Wildman–Crippen LogP) is 5.52. The summed E-state index contributed by atoms with van der Waals surface area (Å²) in [7, 11) is 1.71. The van der Waals surface area contributed by atoms with Crippen LogP contribution in [0.2, 0.25) is 0 Å². The first-order valence-electron chi connectivity index (χ1n) is 7.58. The van der Waals surface area contributed by atoms with Crippen molar-refractivity contribution < 1.29 is 4.74 Å². The molecule has 0 radical (unpaired) electrons. The first-order valence-corrected chi connectivity index (χ1v) is 8.46. The Labute approximate surface area is 136 Å². The summed E-state index contributed by atoms with van der Waals surface area (Å²) in [4.78, 5) is 1.45. The van der Waals surface area contributed by atoms with Gasteiger partial charge in [-0.2, -0.15) is 0 Å². The van der Waals surface area contributed by atoms with Gasteiger partial charge in [0.05, 0.1) is 7.11 Å². The van der Waals surface area contributed by atoms with Gasteiger partial charge in [-0.05, 0) is 47.5 Å². The smallest absolute Gasteiger partial charge is 0.118 e. The van der Waals surface area contributed by atoms with Gasteiger partial charge in [-0.25, -0.2) is 0 Å². The van der Waals surface area contributed by atoms with Crippen LogP contribution in [-0.2, 0) is 6.42 Å². The third-order valence-corrected chi connectivity index (χ3v) is 4.92. The Kier molecular flexibility index (Phi) is 4.92. The molecule has 1 atom stereocenters. The van der Waals surface area contributed by atoms with E-state index in [0.717, 1.165) is 18.6 Å². The SMILES string of the molecule is COc1ccc(C(CCc2cccs2)c2ccccc2)cc1. The van der Waals surface area contributed by atoms with E-state index in [1.807, 2.05) is 11.3 Å². The Morgan fingerprint density at radius 2 is 1.59 bits per heavy atom. The number of aryl methyl sites for hydroxylation is 1. The molecule has 0 saturated carbocycles. The maximum absolute atomic E-state index is 5.28. The van der Waals surface area contributed by atoms with Gasteiger partial charge in [0.25, 0.3) is 0 Å². The fourth-order valence-electron chi connectivity index (χ4n) is 2.79. The zero-order valence-electron chi connectivity index (χ0n) is 12.7. The Balaban J connectivity index is 1.84. The molecule has 0 bridgehead atoms. The van der Waals surface area contributed by atoms with Gasteiger partial charge in [0.1, 0.15) is 5.75 Å². The molecular formula is C20H20OS. The Bertz CT molecular complexity index is 671. The summed E-state index contributed by atoms with van der Waals surface area (Å²) in [6, 6.07) is 23.6. The molecule has 3 rings (SSSR count). The summed E-state index contributed by atoms with van der Waals surface area (Å²) >= 11 is 1.84. The van der Waals surface area contributed by atoms with Crippen LogP contribution in [0.3, 0.4) is 0 Å². The van der Waals surface area contributed by atoms with Crippen LogP contribution in [0.5, 0.6) is 5.75 Å². The number of thiophene rings is 1. The van der Waals surface area contributed by atoms with Crippen molar-refractivity contribution in [3.8, 4) is 5.75 Å². The minimum atomic E-state index is 0.425. The molecule has 0 fully saturated rings. The second-order valence-electron chi connectivity index (χ2n) is 5.35. The van der Waals surface area contributed by atoms with Crippen LogP contribution >= 0.6 is 11.3 Å². The van der Waals surface area contributed by atoms with Gasteiger partial charge in [0.15, 0.2) is 0 Å². The summed E-state index contributed by atoms with van der Waals surface area (Å²) in [5, 5.41) is 2.15. The first-order chi connectivity index (χ1) is 10.9. The van der Waals surface area contributed by atoms with Gasteiger partial charge < -0.3 is 4.74 Å². The topological polar surface area (TPSA) is 9.23 Å². The third-order valence-electron chi connectivity index (χ3n) is 3.98. The highest BCUT2D eigenvalue weighted by atomic mass is 32.1. The van der Waals surface area contributed by atoms with E-state index in [1.54, 1.807) is 7.11 Å². The van der Waals surface area contributed by atoms with Crippen molar-refractivity contribution in [1.29, 1.82) is 0 Å². The second kappa shape index (κ2) is 7.28. The molecular weight excluding hydrogens is 288 g/mol. The lowest BCUT2D eigenvalue weighted by Crippen LogP contribution is -2.02. The monoisotopic (exact) mass is 308 g/mol. The summed E-state index contributed by atoms with van der Waals surface area (Å²) in [5.74, 6) is 1.34. The van der Waals surface area contributed by atoms with E-state index in [-0.39, 0.29) is 0 Å². The fourth-order valence-corrected chi connectivity index (χ4v) is 3.51. The summed E-state index contributed by atoms with van der Waals surface area (Å²) in [6.45, 7) is 0. The zero-order chi connectivity index (χ0) is 15.2. The van der Waals surface area contributed by atoms with Gasteiger partial charge in [0, 0.05) is 10.8 Å². The van der Waals surface area contributed by atoms with Crippen LogP contribution in [0.15, 0.2) is 72.1 Å². The molecule has 2 heteroatoms. The number of ether oxygens (including phenoxy) is 1. The van der Waals surface area contributed by atoms with E-state index in [9.17, 15) is 0 Å². The molecule has 0 spiro atoms. The molecule has 1 unspecified atom stereocenters. The highest BCUT2D eigenvalue weighted by molar-refractivity contribution is 7.09. The fraction of sp³-hybridized carbons (Fsp3) is 0.200. The van der Waals surface area contributed by atoms with Gasteiger partial charge in [-0.3, -0.25) is 0 Å². The zero-order valence-corrected chi connectivity index (χ0v) is 13.6. The highest BCUT2D eigenvalue weighted by Crippen LogP contribution is 2.31. The number of rotatable bonds is 6. The minimum absolute atomic E-state index is 0.425. The van der Waals surface area contributed by atoms with Crippen LogP contribution < -0.4 is 4.74 Å². The second-order valence-corrected chi connectivity index (χ2v) is 6.39. The van der Waals surface area contributed by atoms with Crippen molar-refractivity contribution in [3.63, 3.8) is 0 Å². The van der Waals surface area contributed by atoms with Gasteiger partial charge in [-0.15, -0.1) is 11.3 Å². The number of hydrogen-bond donors (Lipinski definition) is 0. The van der Waals surface area contributed by atoms with E-state index >= 15 is 0 Å². The van der Waals surface area contributed by atoms with Crippen LogP contribution in [-0.4, -0.2) is 7.11 Å². The van der Waals surface area contributed by atoms with Gasteiger partial charge >= 0.3 is 0 Å². The van der Waals surface area contributed by atoms with Crippen molar-refractivity contribution in [3.05, 3.63) is 88.1 Å². The average Bonchev–Trinajstić information content (AvgIpc) is 3.10. The number of benzene rings is 2. The van der Waals surface area contributed by atoms with Gasteiger partial charge in [-0.1, -0.05) is 48.5 Å². The van der Waals surface area contributed by atoms with Crippen LogP contribution in [0.1, 0.15) is 28.3 Å². The number of methoxy groups -OCH3 is 1. The molecule has 1 nitrogen and oxygen atoms in total. The van der Waals surface area contributed by atoms with Crippen molar-refractivity contribution in [2.45, 2.75) is 18.8 Å². The molecule has 0 aliphatic carbocycles. The van der Waals surface area contributed by atoms with Crippen molar-refractivity contribution in [1.82, 2.24) is 0 Å². The van der Waals surface area contributed by atoms with Crippen molar-refractivity contribution in [2.75, 3.05) is 7.11 Å². The molecule has 22 heavy (non-hydrogen) atoms. The van der Waals surface area contributed by atoms with Crippen molar-refractivity contribution >= 4 is 11.3 Å². The largest absolute Gasteiger partial charge is 0.497 e. The summed E-state index contributed by atoms with van der Waals surface area (Å²) < 4.78 is 5.28. The summed E-state index contributed by atoms with van der Waals surface area (Å²) in [5.41, 5.74) is 2.73. The van der Waals surface area contributed by atoms with Crippen LogP contribution in [0.25, 0.3) is 0 Å². The lowest BCUT2D eigenvalue weighted by molar-refractivity contribution is 0.414. The lowest BCUT2D eigenvalue weighted by atomic mass is 9.87. The predicted molar refractivity (Wildman–Crippen MR) is 93.9 cm³/mol. The highest BCUT2D eigenvalue weighted by Gasteiger charge is 2.14. The lowest BCUT2D eigenvalue weighted by Gasteiger charge is -2.18. The van der Waals surface area contributed by atoms with Crippen LogP contribution in [0, 0.1) is 0 Å². The van der Waals surface area contributed by atoms with E-state index in [2.05, 4.69) is 72.1 Å². The molecule has 0 amide bonds. The Hall–Kier alpha value is -2.06. The molecule has 0 aliphatic heterocycles. The van der Waals surface area contributed by atoms with Crippen molar-refractivity contribution in [2.24, 2.45) is 0 Å².